The van der Waals surface area contributed by atoms with Crippen molar-refractivity contribution in [3.05, 3.63) is 24.2 Å². The topological polar surface area (TPSA) is 80.7 Å². The van der Waals surface area contributed by atoms with Crippen LogP contribution >= 0.6 is 0 Å². The van der Waals surface area contributed by atoms with Gasteiger partial charge in [-0.2, -0.15) is 0 Å². The van der Waals surface area contributed by atoms with Gasteiger partial charge in [-0.25, -0.2) is 0 Å². The highest BCUT2D eigenvalue weighted by Gasteiger charge is 2.06. The van der Waals surface area contributed by atoms with Gasteiger partial charge < -0.3 is 15.1 Å². The molecule has 0 spiro atoms. The van der Waals surface area contributed by atoms with Crippen molar-refractivity contribution in [3.63, 3.8) is 0 Å². The van der Waals surface area contributed by atoms with Gasteiger partial charge in [-0.15, -0.1) is 10.2 Å². The van der Waals surface area contributed by atoms with Crippen LogP contribution in [-0.2, 0) is 6.54 Å². The first-order valence-corrected chi connectivity index (χ1v) is 3.56. The molecule has 2 rings (SSSR count). The van der Waals surface area contributed by atoms with Gasteiger partial charge in [0.2, 0.25) is 5.89 Å². The van der Waals surface area contributed by atoms with Crippen molar-refractivity contribution in [1.29, 1.82) is 0 Å². The fraction of sp³-hybridized carbons (Fsp3) is 0.143. The third kappa shape index (κ3) is 1.10. The summed E-state index contributed by atoms with van der Waals surface area (Å²) in [4.78, 5) is 2.95. The van der Waals surface area contributed by atoms with E-state index in [9.17, 15) is 0 Å². The lowest BCUT2D eigenvalue weighted by Gasteiger charge is -1.85. The van der Waals surface area contributed by atoms with Crippen molar-refractivity contribution >= 4 is 0 Å². The first kappa shape index (κ1) is 7.05. The maximum absolute atomic E-state index is 5.31. The highest BCUT2D eigenvalue weighted by Crippen LogP contribution is 2.13. The van der Waals surface area contributed by atoms with Crippen molar-refractivity contribution in [1.82, 2.24) is 15.2 Å². The summed E-state index contributed by atoms with van der Waals surface area (Å²) in [5.74, 6) is 0.917. The molecular formula is C7H8N4O. The SMILES string of the molecule is NCc1nnc(-c2ccc[nH]2)o1. The lowest BCUT2D eigenvalue weighted by Crippen LogP contribution is -1.95. The molecule has 5 nitrogen and oxygen atoms in total. The minimum atomic E-state index is 0.272. The van der Waals surface area contributed by atoms with Crippen LogP contribution in [-0.4, -0.2) is 15.2 Å². The Kier molecular flexibility index (Phi) is 1.64. The molecule has 0 amide bonds. The quantitative estimate of drug-likeness (QED) is 0.678. The second-order valence-corrected chi connectivity index (χ2v) is 2.29. The molecule has 62 valence electrons. The standard InChI is InChI=1S/C7H8N4O/c8-4-6-10-11-7(12-6)5-2-1-3-9-5/h1-3,9H,4,8H2. The molecule has 0 aliphatic carbocycles. The second kappa shape index (κ2) is 2.78. The monoisotopic (exact) mass is 164 g/mol. The average molecular weight is 164 g/mol. The summed E-state index contributed by atoms with van der Waals surface area (Å²) in [5, 5.41) is 7.53. The minimum Gasteiger partial charge on any atom is -0.418 e. The van der Waals surface area contributed by atoms with Crippen LogP contribution in [0.15, 0.2) is 22.7 Å². The van der Waals surface area contributed by atoms with Crippen LogP contribution in [0.4, 0.5) is 0 Å². The summed E-state index contributed by atoms with van der Waals surface area (Å²) in [5.41, 5.74) is 6.12. The third-order valence-corrected chi connectivity index (χ3v) is 1.47. The Morgan fingerprint density at radius 3 is 3.00 bits per heavy atom. The lowest BCUT2D eigenvalue weighted by molar-refractivity contribution is 0.507. The number of H-pyrrole nitrogens is 1. The molecule has 0 unspecified atom stereocenters. The van der Waals surface area contributed by atoms with Gasteiger partial charge >= 0.3 is 0 Å². The number of hydrogen-bond donors (Lipinski definition) is 2. The zero-order valence-corrected chi connectivity index (χ0v) is 6.32. The van der Waals surface area contributed by atoms with Gasteiger partial charge in [-0.05, 0) is 12.1 Å². The maximum Gasteiger partial charge on any atom is 0.264 e. The largest absolute Gasteiger partial charge is 0.418 e. The molecule has 0 saturated carbocycles. The van der Waals surface area contributed by atoms with Crippen LogP contribution in [0, 0.1) is 0 Å². The summed E-state index contributed by atoms with van der Waals surface area (Å²) in [7, 11) is 0. The number of aromatic amines is 1. The zero-order chi connectivity index (χ0) is 8.39. The fourth-order valence-electron chi connectivity index (χ4n) is 0.908. The highest BCUT2D eigenvalue weighted by molar-refractivity contribution is 5.45. The van der Waals surface area contributed by atoms with E-state index >= 15 is 0 Å². The van der Waals surface area contributed by atoms with E-state index in [1.54, 1.807) is 6.20 Å². The van der Waals surface area contributed by atoms with Crippen molar-refractivity contribution in [2.45, 2.75) is 6.54 Å². The Balaban J connectivity index is 2.35. The summed E-state index contributed by atoms with van der Waals surface area (Å²) < 4.78 is 5.20. The predicted octanol–water partition coefficient (Wildman–Crippen LogP) is 0.523. The molecule has 3 N–H and O–H groups in total. The van der Waals surface area contributed by atoms with Gasteiger partial charge in [0, 0.05) is 6.20 Å². The molecule has 2 heterocycles. The highest BCUT2D eigenvalue weighted by atomic mass is 16.4. The average Bonchev–Trinajstić information content (AvgIpc) is 2.75. The number of rotatable bonds is 2. The molecule has 0 atom stereocenters. The smallest absolute Gasteiger partial charge is 0.264 e. The number of nitrogens with one attached hydrogen (secondary N) is 1. The van der Waals surface area contributed by atoms with E-state index in [2.05, 4.69) is 15.2 Å². The van der Waals surface area contributed by atoms with E-state index in [-0.39, 0.29) is 6.54 Å². The molecule has 0 bridgehead atoms. The van der Waals surface area contributed by atoms with E-state index < -0.39 is 0 Å². The Morgan fingerprint density at radius 1 is 1.50 bits per heavy atom. The van der Waals surface area contributed by atoms with Crippen LogP contribution in [0.5, 0.6) is 0 Å². The number of nitrogens with two attached hydrogens (primary N) is 1. The van der Waals surface area contributed by atoms with Crippen molar-refractivity contribution < 1.29 is 4.42 Å². The van der Waals surface area contributed by atoms with Gasteiger partial charge in [0.1, 0.15) is 5.69 Å². The van der Waals surface area contributed by atoms with Gasteiger partial charge in [-0.3, -0.25) is 0 Å². The fourth-order valence-corrected chi connectivity index (χ4v) is 0.908. The van der Waals surface area contributed by atoms with E-state index in [4.69, 9.17) is 10.2 Å². The first-order valence-electron chi connectivity index (χ1n) is 3.56. The molecule has 2 aromatic heterocycles. The normalized spacial score (nSPS) is 10.4. The third-order valence-electron chi connectivity index (χ3n) is 1.47. The lowest BCUT2D eigenvalue weighted by atomic mass is 10.4. The zero-order valence-electron chi connectivity index (χ0n) is 6.32. The van der Waals surface area contributed by atoms with Gasteiger partial charge in [0.05, 0.1) is 6.54 Å². The minimum absolute atomic E-state index is 0.272. The summed E-state index contributed by atoms with van der Waals surface area (Å²) in [6, 6.07) is 3.72. The van der Waals surface area contributed by atoms with Crippen LogP contribution in [0.1, 0.15) is 5.89 Å². The van der Waals surface area contributed by atoms with Gasteiger partial charge in [0.25, 0.3) is 5.89 Å². The second-order valence-electron chi connectivity index (χ2n) is 2.29. The van der Waals surface area contributed by atoms with E-state index in [1.807, 2.05) is 12.1 Å². The van der Waals surface area contributed by atoms with Crippen molar-refractivity contribution in [2.24, 2.45) is 5.73 Å². The molecule has 2 aromatic rings. The Labute approximate surface area is 68.6 Å². The summed E-state index contributed by atoms with van der Waals surface area (Å²) in [6.45, 7) is 0.272. The number of nitrogens with zero attached hydrogens (tertiary/aromatic N) is 2. The van der Waals surface area contributed by atoms with E-state index in [1.165, 1.54) is 0 Å². The molecule has 0 radical (unpaired) electrons. The van der Waals surface area contributed by atoms with E-state index in [0.717, 1.165) is 5.69 Å². The predicted molar refractivity (Wildman–Crippen MR) is 42.0 cm³/mol. The Morgan fingerprint density at radius 2 is 2.42 bits per heavy atom. The van der Waals surface area contributed by atoms with Crippen molar-refractivity contribution in [3.8, 4) is 11.6 Å². The number of hydrogen-bond acceptors (Lipinski definition) is 4. The van der Waals surface area contributed by atoms with E-state index in [0.29, 0.717) is 11.8 Å². The Hall–Kier alpha value is -1.62. The first-order chi connectivity index (χ1) is 5.90. The number of aromatic nitrogens is 3. The van der Waals surface area contributed by atoms with Crippen LogP contribution in [0.3, 0.4) is 0 Å². The molecule has 0 saturated heterocycles. The molecule has 0 aromatic carbocycles. The van der Waals surface area contributed by atoms with Gasteiger partial charge in [-0.1, -0.05) is 0 Å². The maximum atomic E-state index is 5.31. The van der Waals surface area contributed by atoms with Crippen LogP contribution < -0.4 is 5.73 Å². The molecule has 0 fully saturated rings. The summed E-state index contributed by atoms with van der Waals surface area (Å²) in [6.07, 6.45) is 1.79. The van der Waals surface area contributed by atoms with Crippen LogP contribution in [0.25, 0.3) is 11.6 Å². The Bertz CT molecular complexity index is 351. The molecule has 5 heteroatoms. The molecule has 0 aliphatic heterocycles. The molecule has 0 aliphatic rings. The molecule has 12 heavy (non-hydrogen) atoms. The molecular weight excluding hydrogens is 156 g/mol. The summed E-state index contributed by atoms with van der Waals surface area (Å²) >= 11 is 0. The van der Waals surface area contributed by atoms with Crippen molar-refractivity contribution in [2.75, 3.05) is 0 Å². The van der Waals surface area contributed by atoms with Crippen LogP contribution in [0.2, 0.25) is 0 Å². The van der Waals surface area contributed by atoms with Gasteiger partial charge in [0.15, 0.2) is 0 Å².